The summed E-state index contributed by atoms with van der Waals surface area (Å²) in [7, 11) is 3.55. The van der Waals surface area contributed by atoms with Gasteiger partial charge in [0.25, 0.3) is 5.91 Å². The Kier molecular flexibility index (Phi) is 2.53. The molecule has 1 aliphatic rings. The molecule has 0 saturated carbocycles. The molecule has 0 aliphatic carbocycles. The third-order valence-electron chi connectivity index (χ3n) is 2.09. The number of amides is 1. The molecule has 0 aromatic carbocycles. The highest BCUT2D eigenvalue weighted by molar-refractivity contribution is 5.93. The summed E-state index contributed by atoms with van der Waals surface area (Å²) in [5.74, 6) is -0.0336. The van der Waals surface area contributed by atoms with Gasteiger partial charge in [0.2, 0.25) is 0 Å². The second-order valence-electron chi connectivity index (χ2n) is 2.87. The van der Waals surface area contributed by atoms with Gasteiger partial charge in [-0.2, -0.15) is 0 Å². The molecule has 1 heterocycles. The zero-order chi connectivity index (χ0) is 9.14. The fraction of sp³-hybridized carbons (Fsp3) is 0.444. The van der Waals surface area contributed by atoms with Gasteiger partial charge in [0.1, 0.15) is 5.70 Å². The number of likely N-dealkylation sites (N-methyl/N-ethyl adjacent to an activating group) is 2. The highest BCUT2D eigenvalue weighted by Gasteiger charge is 2.17. The average molecular weight is 166 g/mol. The van der Waals surface area contributed by atoms with Gasteiger partial charge >= 0.3 is 0 Å². The fourth-order valence-corrected chi connectivity index (χ4v) is 1.14. The van der Waals surface area contributed by atoms with Gasteiger partial charge in [-0.15, -0.1) is 0 Å². The van der Waals surface area contributed by atoms with Crippen molar-refractivity contribution in [3.8, 4) is 0 Å². The van der Waals surface area contributed by atoms with Gasteiger partial charge in [0.15, 0.2) is 0 Å². The standard InChI is InChI=1S/C9H14N2O/c1-7-5-4-6-8(11(7)3)9(12)10-2/h4-7H,1-3H3,(H,10,12). The van der Waals surface area contributed by atoms with Gasteiger partial charge < -0.3 is 10.2 Å². The SMILES string of the molecule is CNC(=O)C1=CC=CC(C)N1C. The van der Waals surface area contributed by atoms with E-state index in [1.54, 1.807) is 7.05 Å². The third kappa shape index (κ3) is 1.49. The Morgan fingerprint density at radius 1 is 1.67 bits per heavy atom. The molecule has 12 heavy (non-hydrogen) atoms. The Morgan fingerprint density at radius 3 is 2.92 bits per heavy atom. The number of allylic oxidation sites excluding steroid dienone is 2. The largest absolute Gasteiger partial charge is 0.364 e. The van der Waals surface area contributed by atoms with Gasteiger partial charge in [-0.25, -0.2) is 0 Å². The molecule has 0 spiro atoms. The Bertz CT molecular complexity index is 243. The summed E-state index contributed by atoms with van der Waals surface area (Å²) in [4.78, 5) is 13.2. The summed E-state index contributed by atoms with van der Waals surface area (Å²) < 4.78 is 0. The van der Waals surface area contributed by atoms with Crippen molar-refractivity contribution in [2.75, 3.05) is 14.1 Å². The van der Waals surface area contributed by atoms with E-state index in [1.165, 1.54) is 0 Å². The lowest BCUT2D eigenvalue weighted by atomic mass is 10.1. The van der Waals surface area contributed by atoms with E-state index in [-0.39, 0.29) is 5.91 Å². The van der Waals surface area contributed by atoms with Crippen LogP contribution in [0.1, 0.15) is 6.92 Å². The quantitative estimate of drug-likeness (QED) is 0.615. The molecule has 1 aliphatic heterocycles. The van der Waals surface area contributed by atoms with Crippen LogP contribution in [-0.2, 0) is 4.79 Å². The van der Waals surface area contributed by atoms with Gasteiger partial charge in [0.05, 0.1) is 0 Å². The van der Waals surface area contributed by atoms with Crippen molar-refractivity contribution in [2.24, 2.45) is 0 Å². The third-order valence-corrected chi connectivity index (χ3v) is 2.09. The number of nitrogens with one attached hydrogen (secondary N) is 1. The van der Waals surface area contributed by atoms with E-state index in [0.717, 1.165) is 0 Å². The van der Waals surface area contributed by atoms with Crippen LogP contribution < -0.4 is 5.32 Å². The molecule has 1 amide bonds. The van der Waals surface area contributed by atoms with Gasteiger partial charge in [0, 0.05) is 20.1 Å². The molecular weight excluding hydrogens is 152 g/mol. The predicted octanol–water partition coefficient (Wildman–Crippen LogP) is 0.506. The summed E-state index contributed by atoms with van der Waals surface area (Å²) >= 11 is 0. The van der Waals surface area contributed by atoms with E-state index in [2.05, 4.69) is 5.32 Å². The molecule has 0 saturated heterocycles. The summed E-state index contributed by atoms with van der Waals surface area (Å²) in [6, 6.07) is 0.294. The predicted molar refractivity (Wildman–Crippen MR) is 48.5 cm³/mol. The minimum Gasteiger partial charge on any atom is -0.364 e. The van der Waals surface area contributed by atoms with Crippen LogP contribution in [0.4, 0.5) is 0 Å². The van der Waals surface area contributed by atoms with Crippen molar-refractivity contribution >= 4 is 5.91 Å². The van der Waals surface area contributed by atoms with Crippen molar-refractivity contribution in [1.29, 1.82) is 0 Å². The first-order chi connectivity index (χ1) is 5.66. The second kappa shape index (κ2) is 3.43. The van der Waals surface area contributed by atoms with Crippen LogP contribution in [0.25, 0.3) is 0 Å². The van der Waals surface area contributed by atoms with Crippen LogP contribution in [0.15, 0.2) is 23.9 Å². The Labute approximate surface area is 72.7 Å². The van der Waals surface area contributed by atoms with Crippen molar-refractivity contribution < 1.29 is 4.79 Å². The summed E-state index contributed by atoms with van der Waals surface area (Å²) in [6.07, 6.45) is 5.78. The molecule has 0 fully saturated rings. The Morgan fingerprint density at radius 2 is 2.33 bits per heavy atom. The fourth-order valence-electron chi connectivity index (χ4n) is 1.14. The zero-order valence-corrected chi connectivity index (χ0v) is 7.66. The van der Waals surface area contributed by atoms with E-state index < -0.39 is 0 Å². The van der Waals surface area contributed by atoms with Crippen LogP contribution in [-0.4, -0.2) is 30.9 Å². The van der Waals surface area contributed by atoms with E-state index in [4.69, 9.17) is 0 Å². The van der Waals surface area contributed by atoms with Crippen LogP contribution in [0.2, 0.25) is 0 Å². The molecule has 1 unspecified atom stereocenters. The maximum absolute atomic E-state index is 11.3. The molecule has 0 bridgehead atoms. The first-order valence-corrected chi connectivity index (χ1v) is 4.00. The van der Waals surface area contributed by atoms with Crippen LogP contribution >= 0.6 is 0 Å². The summed E-state index contributed by atoms with van der Waals surface area (Å²) in [5.41, 5.74) is 0.715. The average Bonchev–Trinajstić information content (AvgIpc) is 2.08. The topological polar surface area (TPSA) is 32.3 Å². The Balaban J connectivity index is 2.82. The number of hydrogen-bond acceptors (Lipinski definition) is 2. The molecule has 3 nitrogen and oxygen atoms in total. The lowest BCUT2D eigenvalue weighted by molar-refractivity contribution is -0.118. The lowest BCUT2D eigenvalue weighted by Crippen LogP contribution is -2.36. The molecule has 66 valence electrons. The number of hydrogen-bond donors (Lipinski definition) is 1. The minimum absolute atomic E-state index is 0.0336. The highest BCUT2D eigenvalue weighted by atomic mass is 16.2. The van der Waals surface area contributed by atoms with E-state index in [9.17, 15) is 4.79 Å². The molecule has 0 radical (unpaired) electrons. The Hall–Kier alpha value is -1.25. The van der Waals surface area contributed by atoms with Gasteiger partial charge in [-0.1, -0.05) is 12.2 Å². The zero-order valence-electron chi connectivity index (χ0n) is 7.66. The van der Waals surface area contributed by atoms with Crippen LogP contribution in [0.3, 0.4) is 0 Å². The van der Waals surface area contributed by atoms with E-state index >= 15 is 0 Å². The van der Waals surface area contributed by atoms with Crippen molar-refractivity contribution in [3.63, 3.8) is 0 Å². The molecule has 1 rings (SSSR count). The monoisotopic (exact) mass is 166 g/mol. The summed E-state index contributed by atoms with van der Waals surface area (Å²) in [6.45, 7) is 2.05. The normalized spacial score (nSPS) is 22.1. The maximum atomic E-state index is 11.3. The molecule has 0 aromatic rings. The number of carbonyl (C=O) groups excluding carboxylic acids is 1. The van der Waals surface area contributed by atoms with Crippen LogP contribution in [0.5, 0.6) is 0 Å². The van der Waals surface area contributed by atoms with Gasteiger partial charge in [-0.05, 0) is 13.0 Å². The van der Waals surface area contributed by atoms with Crippen molar-refractivity contribution in [2.45, 2.75) is 13.0 Å². The molecule has 3 heteroatoms. The first kappa shape index (κ1) is 8.84. The highest BCUT2D eigenvalue weighted by Crippen LogP contribution is 2.12. The first-order valence-electron chi connectivity index (χ1n) is 4.00. The van der Waals surface area contributed by atoms with E-state index in [0.29, 0.717) is 11.7 Å². The second-order valence-corrected chi connectivity index (χ2v) is 2.87. The number of rotatable bonds is 1. The van der Waals surface area contributed by atoms with Crippen LogP contribution in [0, 0.1) is 0 Å². The molecule has 0 aromatic heterocycles. The van der Waals surface area contributed by atoms with Gasteiger partial charge in [-0.3, -0.25) is 4.79 Å². The molecule has 1 N–H and O–H groups in total. The van der Waals surface area contributed by atoms with Crippen molar-refractivity contribution in [1.82, 2.24) is 10.2 Å². The maximum Gasteiger partial charge on any atom is 0.267 e. The van der Waals surface area contributed by atoms with Crippen molar-refractivity contribution in [3.05, 3.63) is 23.9 Å². The number of nitrogens with zero attached hydrogens (tertiary/aromatic N) is 1. The van der Waals surface area contributed by atoms with E-state index in [1.807, 2.05) is 37.1 Å². The molecule has 1 atom stereocenters. The molecular formula is C9H14N2O. The number of carbonyl (C=O) groups is 1. The summed E-state index contributed by atoms with van der Waals surface area (Å²) in [5, 5.41) is 2.60. The minimum atomic E-state index is -0.0336. The lowest BCUT2D eigenvalue weighted by Gasteiger charge is -2.28. The smallest absolute Gasteiger partial charge is 0.267 e.